The Morgan fingerprint density at radius 1 is 1.10 bits per heavy atom. The molecule has 3 rings (SSSR count). The van der Waals surface area contributed by atoms with Gasteiger partial charge in [-0.3, -0.25) is 9.80 Å². The molecule has 0 aliphatic carbocycles. The van der Waals surface area contributed by atoms with Gasteiger partial charge in [0, 0.05) is 25.7 Å². The van der Waals surface area contributed by atoms with Crippen LogP contribution in [0.25, 0.3) is 0 Å². The van der Waals surface area contributed by atoms with E-state index in [0.717, 1.165) is 32.6 Å². The zero-order valence-corrected chi connectivity index (χ0v) is 12.0. The molecule has 1 aromatic rings. The van der Waals surface area contributed by atoms with E-state index in [-0.39, 0.29) is 5.92 Å². The fraction of sp³-hybridized carbons (Fsp3) is 0.588. The standard InChI is InChI=1S/C17H23N3/c18-11-16-8-10-20(13-16)17-7-4-9-19(14-17)12-15-5-2-1-3-6-15/h1-3,5-6,16-17H,4,7-10,12-14H2. The molecule has 0 amide bonds. The van der Waals surface area contributed by atoms with E-state index in [1.54, 1.807) is 0 Å². The lowest BCUT2D eigenvalue weighted by Crippen LogP contribution is -2.46. The minimum atomic E-state index is 0.263. The topological polar surface area (TPSA) is 30.3 Å². The second-order valence-corrected chi connectivity index (χ2v) is 6.13. The van der Waals surface area contributed by atoms with Gasteiger partial charge in [-0.2, -0.15) is 5.26 Å². The zero-order valence-electron chi connectivity index (χ0n) is 12.0. The molecular formula is C17H23N3. The average Bonchev–Trinajstić information content (AvgIpc) is 2.98. The monoisotopic (exact) mass is 269 g/mol. The Labute approximate surface area is 121 Å². The molecule has 2 saturated heterocycles. The summed E-state index contributed by atoms with van der Waals surface area (Å²) in [5.74, 6) is 0.263. The van der Waals surface area contributed by atoms with Gasteiger partial charge < -0.3 is 0 Å². The maximum Gasteiger partial charge on any atom is 0.0669 e. The fourth-order valence-corrected chi connectivity index (χ4v) is 3.54. The van der Waals surface area contributed by atoms with E-state index >= 15 is 0 Å². The first kappa shape index (κ1) is 13.6. The second-order valence-electron chi connectivity index (χ2n) is 6.13. The highest BCUT2D eigenvalue weighted by atomic mass is 15.2. The molecule has 3 nitrogen and oxygen atoms in total. The maximum atomic E-state index is 9.04. The molecule has 0 radical (unpaired) electrons. The minimum absolute atomic E-state index is 0.263. The number of hydrogen-bond acceptors (Lipinski definition) is 3. The molecule has 0 saturated carbocycles. The second kappa shape index (κ2) is 6.39. The van der Waals surface area contributed by atoms with Crippen LogP contribution in [0.3, 0.4) is 0 Å². The summed E-state index contributed by atoms with van der Waals surface area (Å²) in [5.41, 5.74) is 1.41. The van der Waals surface area contributed by atoms with Gasteiger partial charge in [-0.15, -0.1) is 0 Å². The molecule has 3 heteroatoms. The average molecular weight is 269 g/mol. The van der Waals surface area contributed by atoms with Crippen molar-refractivity contribution in [2.24, 2.45) is 5.92 Å². The van der Waals surface area contributed by atoms with Gasteiger partial charge in [0.1, 0.15) is 0 Å². The SMILES string of the molecule is N#CC1CCN(C2CCCN(Cc3ccccc3)C2)C1. The highest BCUT2D eigenvalue weighted by Crippen LogP contribution is 2.24. The molecule has 0 spiro atoms. The Morgan fingerprint density at radius 2 is 1.95 bits per heavy atom. The molecule has 2 fully saturated rings. The van der Waals surface area contributed by atoms with E-state index < -0.39 is 0 Å². The van der Waals surface area contributed by atoms with Gasteiger partial charge in [0.15, 0.2) is 0 Å². The molecule has 0 aromatic heterocycles. The van der Waals surface area contributed by atoms with Crippen LogP contribution in [0.2, 0.25) is 0 Å². The minimum Gasteiger partial charge on any atom is -0.298 e. The summed E-state index contributed by atoms with van der Waals surface area (Å²) in [6, 6.07) is 13.8. The molecule has 2 unspecified atom stereocenters. The van der Waals surface area contributed by atoms with Gasteiger partial charge in [-0.1, -0.05) is 30.3 Å². The number of hydrogen-bond donors (Lipinski definition) is 0. The molecule has 1 aromatic carbocycles. The molecule has 2 heterocycles. The Hall–Kier alpha value is -1.37. The summed E-state index contributed by atoms with van der Waals surface area (Å²) >= 11 is 0. The fourth-order valence-electron chi connectivity index (χ4n) is 3.54. The van der Waals surface area contributed by atoms with Gasteiger partial charge in [-0.05, 0) is 37.9 Å². The first-order valence-corrected chi connectivity index (χ1v) is 7.75. The van der Waals surface area contributed by atoms with E-state index in [4.69, 9.17) is 5.26 Å². The summed E-state index contributed by atoms with van der Waals surface area (Å²) in [4.78, 5) is 5.12. The molecule has 106 valence electrons. The molecule has 2 atom stereocenters. The Kier molecular flexibility index (Phi) is 4.34. The van der Waals surface area contributed by atoms with Crippen LogP contribution >= 0.6 is 0 Å². The summed E-state index contributed by atoms with van der Waals surface area (Å²) in [7, 11) is 0. The van der Waals surface area contributed by atoms with Crippen molar-refractivity contribution < 1.29 is 0 Å². The van der Waals surface area contributed by atoms with Crippen molar-refractivity contribution in [3.05, 3.63) is 35.9 Å². The van der Waals surface area contributed by atoms with Crippen LogP contribution in [-0.2, 0) is 6.54 Å². The highest BCUT2D eigenvalue weighted by molar-refractivity contribution is 5.14. The molecule has 0 N–H and O–H groups in total. The van der Waals surface area contributed by atoms with Crippen molar-refractivity contribution in [2.75, 3.05) is 26.2 Å². The highest BCUT2D eigenvalue weighted by Gasteiger charge is 2.30. The lowest BCUT2D eigenvalue weighted by atomic mass is 10.0. The predicted molar refractivity (Wildman–Crippen MR) is 80.0 cm³/mol. The van der Waals surface area contributed by atoms with E-state index in [0.29, 0.717) is 6.04 Å². The van der Waals surface area contributed by atoms with Crippen molar-refractivity contribution >= 4 is 0 Å². The quantitative estimate of drug-likeness (QED) is 0.844. The maximum absolute atomic E-state index is 9.04. The number of nitriles is 1. The van der Waals surface area contributed by atoms with Crippen LogP contribution in [-0.4, -0.2) is 42.0 Å². The largest absolute Gasteiger partial charge is 0.298 e. The summed E-state index contributed by atoms with van der Waals surface area (Å²) in [5, 5.41) is 9.04. The zero-order chi connectivity index (χ0) is 13.8. The smallest absolute Gasteiger partial charge is 0.0669 e. The summed E-state index contributed by atoms with van der Waals surface area (Å²) < 4.78 is 0. The van der Waals surface area contributed by atoms with Crippen molar-refractivity contribution in [3.63, 3.8) is 0 Å². The molecular weight excluding hydrogens is 246 g/mol. The molecule has 2 aliphatic rings. The van der Waals surface area contributed by atoms with Gasteiger partial charge in [0.2, 0.25) is 0 Å². The van der Waals surface area contributed by atoms with Gasteiger partial charge >= 0.3 is 0 Å². The Balaban J connectivity index is 1.56. The molecule has 20 heavy (non-hydrogen) atoms. The number of nitrogens with zero attached hydrogens (tertiary/aromatic N) is 3. The van der Waals surface area contributed by atoms with E-state index in [1.165, 1.54) is 24.9 Å². The van der Waals surface area contributed by atoms with Crippen LogP contribution in [0.15, 0.2) is 30.3 Å². The van der Waals surface area contributed by atoms with Gasteiger partial charge in [0.05, 0.1) is 12.0 Å². The first-order chi connectivity index (χ1) is 9.85. The summed E-state index contributed by atoms with van der Waals surface area (Å²) in [6.07, 6.45) is 3.64. The normalized spacial score (nSPS) is 28.4. The van der Waals surface area contributed by atoms with E-state index in [2.05, 4.69) is 46.2 Å². The van der Waals surface area contributed by atoms with Crippen LogP contribution in [0, 0.1) is 17.2 Å². The van der Waals surface area contributed by atoms with Crippen LogP contribution in [0.4, 0.5) is 0 Å². The Morgan fingerprint density at radius 3 is 2.70 bits per heavy atom. The molecule has 2 aliphatic heterocycles. The third-order valence-corrected chi connectivity index (χ3v) is 4.65. The van der Waals surface area contributed by atoms with E-state index in [1.807, 2.05) is 0 Å². The van der Waals surface area contributed by atoms with Gasteiger partial charge in [-0.25, -0.2) is 0 Å². The third-order valence-electron chi connectivity index (χ3n) is 4.65. The van der Waals surface area contributed by atoms with Crippen LogP contribution < -0.4 is 0 Å². The van der Waals surface area contributed by atoms with Crippen LogP contribution in [0.1, 0.15) is 24.8 Å². The third kappa shape index (κ3) is 3.20. The number of likely N-dealkylation sites (tertiary alicyclic amines) is 2. The van der Waals surface area contributed by atoms with E-state index in [9.17, 15) is 0 Å². The van der Waals surface area contributed by atoms with Crippen molar-refractivity contribution in [3.8, 4) is 6.07 Å². The predicted octanol–water partition coefficient (Wildman–Crippen LogP) is 2.50. The lowest BCUT2D eigenvalue weighted by molar-refractivity contribution is 0.109. The van der Waals surface area contributed by atoms with Crippen molar-refractivity contribution in [1.29, 1.82) is 5.26 Å². The number of benzene rings is 1. The van der Waals surface area contributed by atoms with Gasteiger partial charge in [0.25, 0.3) is 0 Å². The van der Waals surface area contributed by atoms with Crippen molar-refractivity contribution in [2.45, 2.75) is 31.8 Å². The van der Waals surface area contributed by atoms with Crippen molar-refractivity contribution in [1.82, 2.24) is 9.80 Å². The first-order valence-electron chi connectivity index (χ1n) is 7.75. The number of rotatable bonds is 3. The lowest BCUT2D eigenvalue weighted by Gasteiger charge is -2.37. The molecule has 0 bridgehead atoms. The summed E-state index contributed by atoms with van der Waals surface area (Å²) in [6.45, 7) is 5.53. The Bertz CT molecular complexity index is 465. The number of piperidine rings is 1. The van der Waals surface area contributed by atoms with Crippen LogP contribution in [0.5, 0.6) is 0 Å².